The Labute approximate surface area is 251 Å². The van der Waals surface area contributed by atoms with E-state index in [2.05, 4.69) is 10.3 Å². The molecular formula is C30H39ClFN4O5S+. The first-order valence-electron chi connectivity index (χ1n) is 15.1. The first kappa shape index (κ1) is 29.9. The maximum Gasteiger partial charge on any atom is 0.517 e. The molecule has 12 heteroatoms. The highest BCUT2D eigenvalue weighted by atomic mass is 35.5. The van der Waals surface area contributed by atoms with Crippen molar-refractivity contribution in [2.45, 2.75) is 92.8 Å². The second-order valence-electron chi connectivity index (χ2n) is 12.4. The molecule has 1 N–H and O–H groups in total. The van der Waals surface area contributed by atoms with Crippen molar-refractivity contribution >= 4 is 27.7 Å². The second kappa shape index (κ2) is 11.4. The second-order valence-corrected chi connectivity index (χ2v) is 14.9. The van der Waals surface area contributed by atoms with E-state index in [4.69, 9.17) is 16.3 Å². The first-order chi connectivity index (χ1) is 20.1. The van der Waals surface area contributed by atoms with Crippen LogP contribution in [-0.4, -0.2) is 71.9 Å². The highest BCUT2D eigenvalue weighted by molar-refractivity contribution is 7.86. The molecule has 0 bridgehead atoms. The third kappa shape index (κ3) is 5.05. The van der Waals surface area contributed by atoms with Crippen LogP contribution in [-0.2, 0) is 14.8 Å². The molecule has 4 heterocycles. The Hall–Kier alpha value is -2.15. The Morgan fingerprint density at radius 2 is 1.71 bits per heavy atom. The molecule has 1 aliphatic carbocycles. The van der Waals surface area contributed by atoms with Gasteiger partial charge >= 0.3 is 16.1 Å². The number of likely N-dealkylation sites (tertiary alicyclic amines) is 1. The fraction of sp³-hybridized carbons (Fsp3) is 0.600. The third-order valence-electron chi connectivity index (χ3n) is 10.0. The third-order valence-corrected chi connectivity index (χ3v) is 12.4. The smallest absolute Gasteiger partial charge is 0.517 e. The van der Waals surface area contributed by atoms with E-state index in [9.17, 15) is 17.6 Å². The molecular weight excluding hydrogens is 583 g/mol. The molecule has 3 saturated heterocycles. The number of ether oxygens (including phenoxy) is 1. The zero-order valence-electron chi connectivity index (χ0n) is 23.7. The van der Waals surface area contributed by atoms with Crippen LogP contribution in [0.1, 0.15) is 75.8 Å². The summed E-state index contributed by atoms with van der Waals surface area (Å²) in [6, 6.07) is 4.67. The van der Waals surface area contributed by atoms with Gasteiger partial charge in [-0.05, 0) is 68.9 Å². The normalized spacial score (nSPS) is 29.5. The number of sulfonamides is 1. The molecule has 1 amide bonds. The van der Waals surface area contributed by atoms with Crippen LogP contribution in [0.2, 0.25) is 5.02 Å². The molecule has 1 aromatic carbocycles. The van der Waals surface area contributed by atoms with E-state index < -0.39 is 37.6 Å². The number of piperidine rings is 3. The van der Waals surface area contributed by atoms with Gasteiger partial charge in [0.2, 0.25) is 0 Å². The van der Waals surface area contributed by atoms with Gasteiger partial charge in [-0.1, -0.05) is 11.6 Å². The number of hydrogen-bond donors (Lipinski definition) is 1. The van der Waals surface area contributed by atoms with Crippen molar-refractivity contribution in [1.29, 1.82) is 0 Å². The minimum atomic E-state index is -4.61. The average molecular weight is 622 g/mol. The fourth-order valence-electron chi connectivity index (χ4n) is 7.73. The van der Waals surface area contributed by atoms with E-state index in [1.54, 1.807) is 0 Å². The Balaban J connectivity index is 1.40. The van der Waals surface area contributed by atoms with Gasteiger partial charge in [0.05, 0.1) is 19.3 Å². The summed E-state index contributed by atoms with van der Waals surface area (Å²) in [4.78, 5) is 18.0. The van der Waals surface area contributed by atoms with Crippen LogP contribution in [0.3, 0.4) is 0 Å². The molecule has 0 radical (unpaired) electrons. The summed E-state index contributed by atoms with van der Waals surface area (Å²) in [5, 5.41) is 19.1. The van der Waals surface area contributed by atoms with Crippen LogP contribution in [0.4, 0.5) is 9.18 Å². The molecule has 3 unspecified atom stereocenters. The van der Waals surface area contributed by atoms with E-state index in [1.807, 2.05) is 0 Å². The van der Waals surface area contributed by atoms with Gasteiger partial charge in [0.1, 0.15) is 28.8 Å². The number of halogens is 2. The van der Waals surface area contributed by atoms with Crippen molar-refractivity contribution in [2.24, 2.45) is 0 Å². The number of rotatable bonds is 6. The monoisotopic (exact) mass is 621 g/mol. The summed E-state index contributed by atoms with van der Waals surface area (Å²) in [6.07, 6.45) is 8.61. The summed E-state index contributed by atoms with van der Waals surface area (Å²) < 4.78 is 48.3. The van der Waals surface area contributed by atoms with E-state index in [1.165, 1.54) is 36.5 Å². The molecule has 4 fully saturated rings. The average Bonchev–Trinajstić information content (AvgIpc) is 3.78. The molecule has 4 aliphatic rings. The number of aromatic nitrogens is 1. The van der Waals surface area contributed by atoms with Crippen LogP contribution >= 0.6 is 11.6 Å². The van der Waals surface area contributed by atoms with Gasteiger partial charge in [-0.25, -0.2) is 12.9 Å². The minimum absolute atomic E-state index is 0.136. The maximum atomic E-state index is 15.4. The fourth-order valence-corrected chi connectivity index (χ4v) is 9.86. The summed E-state index contributed by atoms with van der Waals surface area (Å²) in [5.74, 6) is -0.642. The van der Waals surface area contributed by atoms with Gasteiger partial charge in [-0.3, -0.25) is 4.98 Å². The highest BCUT2D eigenvalue weighted by Crippen LogP contribution is 2.57. The summed E-state index contributed by atoms with van der Waals surface area (Å²) in [6.45, 7) is 3.08. The zero-order chi connectivity index (χ0) is 29.6. The number of carbonyl (C=O) groups is 1. The Morgan fingerprint density at radius 1 is 1.02 bits per heavy atom. The molecule has 42 heavy (non-hydrogen) atoms. The van der Waals surface area contributed by atoms with Gasteiger partial charge in [0.25, 0.3) is 0 Å². The number of amides is 1. The number of quaternary nitrogens is 2. The number of carbonyl (C=O) groups excluding carboxylic acids is 1. The van der Waals surface area contributed by atoms with Gasteiger partial charge in [-0.15, -0.1) is 0 Å². The number of hydrogen-bond acceptors (Lipinski definition) is 7. The van der Waals surface area contributed by atoms with Crippen LogP contribution in [0.5, 0.6) is 0 Å². The summed E-state index contributed by atoms with van der Waals surface area (Å²) in [7, 11) is -4.61. The molecule has 3 aliphatic heterocycles. The van der Waals surface area contributed by atoms with E-state index >= 15 is 5.21 Å². The zero-order valence-corrected chi connectivity index (χ0v) is 25.3. The van der Waals surface area contributed by atoms with Crippen LogP contribution in [0.25, 0.3) is 0 Å². The van der Waals surface area contributed by atoms with Crippen LogP contribution in [0, 0.1) is 11.0 Å². The Morgan fingerprint density at radius 3 is 2.36 bits per heavy atom. The molecule has 228 valence electrons. The Bertz CT molecular complexity index is 1410. The van der Waals surface area contributed by atoms with Gasteiger partial charge in [0, 0.05) is 55.6 Å². The number of hydroxylamine groups is 2. The molecule has 9 nitrogen and oxygen atoms in total. The Kier molecular flexibility index (Phi) is 8.12. The van der Waals surface area contributed by atoms with Crippen molar-refractivity contribution in [1.82, 2.24) is 10.3 Å². The van der Waals surface area contributed by atoms with Gasteiger partial charge < -0.3 is 15.3 Å². The number of pyridine rings is 1. The standard InChI is InChI=1S/C30H39ClFN4O5S/c31-23-7-9-26(10-8-23)42(39,40)36(38)27(22-19-24(32)21-34-20-22)5-4-6-28(36)30(13-14-30)41-29(37)35(17-2-1-3-18-35)25-11-15-33-16-12-25/h7-10,19-21,25,27-28,33H,1-6,11-18H2/q+1. The summed E-state index contributed by atoms with van der Waals surface area (Å²) >= 11 is 6.05. The van der Waals surface area contributed by atoms with Crippen molar-refractivity contribution in [2.75, 3.05) is 26.2 Å². The predicted octanol–water partition coefficient (Wildman–Crippen LogP) is 5.59. The van der Waals surface area contributed by atoms with Crippen molar-refractivity contribution < 1.29 is 30.9 Å². The lowest BCUT2D eigenvalue weighted by molar-refractivity contribution is -0.890. The van der Waals surface area contributed by atoms with E-state index in [-0.39, 0.29) is 39.9 Å². The number of nitrogens with one attached hydrogen (secondary N) is 1. The number of nitrogens with zero attached hydrogens (tertiary/aromatic N) is 3. The first-order valence-corrected chi connectivity index (χ1v) is 17.0. The molecule has 1 aromatic heterocycles. The van der Waals surface area contributed by atoms with Crippen molar-refractivity contribution in [3.8, 4) is 0 Å². The lowest BCUT2D eigenvalue weighted by Crippen LogP contribution is -2.67. The van der Waals surface area contributed by atoms with Crippen LogP contribution in [0.15, 0.2) is 47.6 Å². The van der Waals surface area contributed by atoms with Gasteiger partial charge in [0.15, 0.2) is 5.60 Å². The van der Waals surface area contributed by atoms with Crippen LogP contribution < -0.4 is 5.32 Å². The molecule has 0 spiro atoms. The molecule has 1 saturated carbocycles. The largest absolute Gasteiger partial charge is 0.616 e. The van der Waals surface area contributed by atoms with Gasteiger partial charge in [-0.2, -0.15) is 13.2 Å². The van der Waals surface area contributed by atoms with Crippen molar-refractivity contribution in [3.63, 3.8) is 0 Å². The van der Waals surface area contributed by atoms with Crippen molar-refractivity contribution in [3.05, 3.63) is 64.3 Å². The lowest BCUT2D eigenvalue weighted by atomic mass is 9.89. The lowest BCUT2D eigenvalue weighted by Gasteiger charge is -2.56. The number of benzene rings is 1. The SMILES string of the molecule is O=C(OC1(C2CCCC(c3cncc(F)c3)[N+]2([O-])S(=O)(=O)c2ccc(Cl)cc2)CC1)[N+]1(C2CCNCC2)CCCCC1. The quantitative estimate of drug-likeness (QED) is 0.331. The molecule has 3 atom stereocenters. The minimum Gasteiger partial charge on any atom is -0.616 e. The molecule has 6 rings (SSSR count). The topological polar surface area (TPSA) is 108 Å². The summed E-state index contributed by atoms with van der Waals surface area (Å²) in [5.41, 5.74) is -0.975. The van der Waals surface area contributed by atoms with E-state index in [0.29, 0.717) is 37.4 Å². The maximum absolute atomic E-state index is 15.4. The predicted molar refractivity (Wildman–Crippen MR) is 155 cm³/mol. The van der Waals surface area contributed by atoms with E-state index in [0.717, 1.165) is 51.4 Å². The highest BCUT2D eigenvalue weighted by Gasteiger charge is 2.67. The molecule has 2 aromatic rings.